The highest BCUT2D eigenvalue weighted by atomic mass is 19.1. The summed E-state index contributed by atoms with van der Waals surface area (Å²) in [7, 11) is 0. The van der Waals surface area contributed by atoms with Crippen LogP contribution >= 0.6 is 0 Å². The highest BCUT2D eigenvalue weighted by molar-refractivity contribution is 5.74. The summed E-state index contributed by atoms with van der Waals surface area (Å²) in [5.41, 5.74) is 3.99. The zero-order valence-electron chi connectivity index (χ0n) is 31.5. The molecular weight excluding hydrogens is 667 g/mol. The number of carbonyl (C=O) groups excluding carboxylic acids is 1. The van der Waals surface area contributed by atoms with Crippen LogP contribution in [0.3, 0.4) is 0 Å². The minimum absolute atomic E-state index is 0.00925. The first-order valence-electron chi connectivity index (χ1n) is 19.8. The third kappa shape index (κ3) is 12.5. The Bertz CT molecular complexity index is 1810. The average Bonchev–Trinajstić information content (AvgIpc) is 3.81. The van der Waals surface area contributed by atoms with Gasteiger partial charge in [-0.2, -0.15) is 0 Å². The first-order valence-corrected chi connectivity index (χ1v) is 19.8. The maximum atomic E-state index is 14.6. The Morgan fingerprint density at radius 3 is 1.74 bits per heavy atom. The van der Waals surface area contributed by atoms with Crippen LogP contribution in [0.25, 0.3) is 0 Å². The van der Waals surface area contributed by atoms with Crippen LogP contribution in [0.4, 0.5) is 8.78 Å². The van der Waals surface area contributed by atoms with Crippen molar-refractivity contribution in [3.63, 3.8) is 0 Å². The topological polar surface area (TPSA) is 44.8 Å². The lowest BCUT2D eigenvalue weighted by Crippen LogP contribution is -2.21. The molecule has 0 saturated heterocycles. The van der Waals surface area contributed by atoms with E-state index in [0.717, 1.165) is 74.5 Å². The van der Waals surface area contributed by atoms with Crippen LogP contribution in [0.15, 0.2) is 66.7 Å². The van der Waals surface area contributed by atoms with Gasteiger partial charge in [0.2, 0.25) is 0 Å². The zero-order chi connectivity index (χ0) is 37.3. The molecule has 3 aromatic carbocycles. The predicted octanol–water partition coefficient (Wildman–Crippen LogP) is 11.2. The summed E-state index contributed by atoms with van der Waals surface area (Å²) in [6, 6.07) is 15.6. The highest BCUT2D eigenvalue weighted by Gasteiger charge is 2.40. The van der Waals surface area contributed by atoms with E-state index in [0.29, 0.717) is 42.8 Å². The summed E-state index contributed by atoms with van der Waals surface area (Å²) in [4.78, 5) is 12.4. The van der Waals surface area contributed by atoms with E-state index in [1.807, 2.05) is 26.0 Å². The van der Waals surface area contributed by atoms with Crippen LogP contribution in [-0.4, -0.2) is 25.8 Å². The van der Waals surface area contributed by atoms with Crippen molar-refractivity contribution in [2.24, 2.45) is 17.8 Å². The molecule has 53 heavy (non-hydrogen) atoms. The van der Waals surface area contributed by atoms with Gasteiger partial charge < -0.3 is 14.2 Å². The summed E-state index contributed by atoms with van der Waals surface area (Å²) in [5, 5.41) is 0. The second-order valence-corrected chi connectivity index (χ2v) is 14.3. The number of esters is 1. The SMILES string of the molecule is CCCOc1ccc(C#Cc2ccc(C#Cc3ccc(OCCC)c(F)c3)c(CCCCCCCCCCCOC(=O)C3CC4C=CC3C4)c2)cc1F. The molecule has 0 radical (unpaired) electrons. The number of halogens is 2. The second-order valence-electron chi connectivity index (χ2n) is 14.3. The monoisotopic (exact) mass is 720 g/mol. The Balaban J connectivity index is 1.09. The van der Waals surface area contributed by atoms with E-state index < -0.39 is 11.6 Å². The van der Waals surface area contributed by atoms with Crippen molar-refractivity contribution in [2.45, 2.75) is 104 Å². The van der Waals surface area contributed by atoms with Gasteiger partial charge in [0.05, 0.1) is 25.7 Å². The molecule has 3 aromatic rings. The van der Waals surface area contributed by atoms with Crippen LogP contribution in [0.2, 0.25) is 0 Å². The molecule has 6 heteroatoms. The second kappa shape index (κ2) is 21.2. The molecule has 0 amide bonds. The third-order valence-electron chi connectivity index (χ3n) is 10.0. The minimum Gasteiger partial charge on any atom is -0.491 e. The van der Waals surface area contributed by atoms with E-state index >= 15 is 0 Å². The van der Waals surface area contributed by atoms with Crippen molar-refractivity contribution in [2.75, 3.05) is 19.8 Å². The standard InChI is InChI=1S/C47H54F2O4/c1-3-27-51-45-25-20-36(33-43(45)48)16-15-35-17-22-39(23-18-37-21-26-46(44(49)34-37)52-28-4-2)40(30-35)14-12-10-8-6-5-7-9-11-13-29-53-47(50)42-32-38-19-24-41(42)31-38/h17,19-22,24-26,30,33-34,38,41-42H,3-14,27-29,31-32H2,1-2H3. The molecule has 3 atom stereocenters. The lowest BCUT2D eigenvalue weighted by Gasteiger charge is -2.16. The minimum atomic E-state index is -0.417. The Morgan fingerprint density at radius 2 is 1.19 bits per heavy atom. The van der Waals surface area contributed by atoms with Crippen molar-refractivity contribution in [3.05, 3.63) is 106 Å². The Labute approximate surface area is 315 Å². The molecule has 0 N–H and O–H groups in total. The van der Waals surface area contributed by atoms with Crippen molar-refractivity contribution in [3.8, 4) is 35.2 Å². The van der Waals surface area contributed by atoms with Crippen molar-refractivity contribution >= 4 is 5.97 Å². The van der Waals surface area contributed by atoms with Gasteiger partial charge in [-0.05, 0) is 117 Å². The van der Waals surface area contributed by atoms with E-state index in [1.54, 1.807) is 24.3 Å². The number of hydrogen-bond acceptors (Lipinski definition) is 4. The fourth-order valence-corrected chi connectivity index (χ4v) is 7.09. The van der Waals surface area contributed by atoms with Gasteiger partial charge in [-0.1, -0.05) is 94.6 Å². The van der Waals surface area contributed by atoms with Gasteiger partial charge in [-0.3, -0.25) is 4.79 Å². The zero-order valence-corrected chi connectivity index (χ0v) is 31.5. The molecular formula is C47H54F2O4. The molecule has 0 aromatic heterocycles. The first-order chi connectivity index (χ1) is 25.9. The number of carbonyl (C=O) groups is 1. The number of allylic oxidation sites excluding steroid dienone is 2. The Hall–Kier alpha value is -4.55. The van der Waals surface area contributed by atoms with Crippen LogP contribution in [0.1, 0.15) is 125 Å². The van der Waals surface area contributed by atoms with Gasteiger partial charge in [-0.15, -0.1) is 0 Å². The van der Waals surface area contributed by atoms with E-state index in [4.69, 9.17) is 14.2 Å². The smallest absolute Gasteiger partial charge is 0.309 e. The summed E-state index contributed by atoms with van der Waals surface area (Å²) >= 11 is 0. The summed E-state index contributed by atoms with van der Waals surface area (Å²) in [5.74, 6) is 13.4. The Kier molecular flexibility index (Phi) is 15.9. The summed E-state index contributed by atoms with van der Waals surface area (Å²) < 4.78 is 45.6. The number of benzene rings is 3. The first kappa shape index (κ1) is 39.7. The number of unbranched alkanes of at least 4 members (excludes halogenated alkanes) is 8. The lowest BCUT2D eigenvalue weighted by atomic mass is 9.94. The molecule has 280 valence electrons. The maximum absolute atomic E-state index is 14.6. The van der Waals surface area contributed by atoms with E-state index in [2.05, 4.69) is 41.9 Å². The molecule has 5 rings (SSSR count). The lowest BCUT2D eigenvalue weighted by molar-refractivity contribution is -0.149. The number of ether oxygens (including phenoxy) is 3. The summed E-state index contributed by atoms with van der Waals surface area (Å²) in [6.07, 6.45) is 19.2. The van der Waals surface area contributed by atoms with Gasteiger partial charge in [0, 0.05) is 22.3 Å². The van der Waals surface area contributed by atoms with Gasteiger partial charge in [0.1, 0.15) is 0 Å². The normalized spacial score (nSPS) is 16.8. The van der Waals surface area contributed by atoms with Gasteiger partial charge >= 0.3 is 5.97 Å². The third-order valence-corrected chi connectivity index (χ3v) is 10.0. The van der Waals surface area contributed by atoms with Crippen LogP contribution < -0.4 is 9.47 Å². The number of rotatable bonds is 19. The average molecular weight is 721 g/mol. The predicted molar refractivity (Wildman–Crippen MR) is 208 cm³/mol. The quantitative estimate of drug-likeness (QED) is 0.0535. The Morgan fingerprint density at radius 1 is 0.642 bits per heavy atom. The molecule has 2 aliphatic rings. The number of aryl methyl sites for hydroxylation is 1. The maximum Gasteiger partial charge on any atom is 0.309 e. The van der Waals surface area contributed by atoms with Crippen molar-refractivity contribution in [1.29, 1.82) is 0 Å². The van der Waals surface area contributed by atoms with Crippen molar-refractivity contribution < 1.29 is 27.8 Å². The molecule has 2 bridgehead atoms. The van der Waals surface area contributed by atoms with Gasteiger partial charge in [0.25, 0.3) is 0 Å². The molecule has 2 aliphatic carbocycles. The molecule has 0 aliphatic heterocycles. The van der Waals surface area contributed by atoms with E-state index in [-0.39, 0.29) is 23.4 Å². The number of hydrogen-bond donors (Lipinski definition) is 0. The largest absolute Gasteiger partial charge is 0.491 e. The summed E-state index contributed by atoms with van der Waals surface area (Å²) in [6.45, 7) is 5.45. The molecule has 0 heterocycles. The van der Waals surface area contributed by atoms with Crippen molar-refractivity contribution in [1.82, 2.24) is 0 Å². The fraction of sp³-hybridized carbons (Fsp3) is 0.468. The van der Waals surface area contributed by atoms with E-state index in [9.17, 15) is 13.6 Å². The highest BCUT2D eigenvalue weighted by Crippen LogP contribution is 2.43. The molecule has 1 fully saturated rings. The van der Waals surface area contributed by atoms with Gasteiger partial charge in [-0.25, -0.2) is 8.78 Å². The molecule has 1 saturated carbocycles. The van der Waals surface area contributed by atoms with Crippen LogP contribution in [-0.2, 0) is 16.0 Å². The molecule has 0 spiro atoms. The van der Waals surface area contributed by atoms with Crippen LogP contribution in [0, 0.1) is 53.1 Å². The molecule has 3 unspecified atom stereocenters. The fourth-order valence-electron chi connectivity index (χ4n) is 7.09. The van der Waals surface area contributed by atoms with E-state index in [1.165, 1.54) is 44.2 Å². The van der Waals surface area contributed by atoms with Gasteiger partial charge in [0.15, 0.2) is 23.1 Å². The number of fused-ring (bicyclic) bond motifs is 2. The van der Waals surface area contributed by atoms with Crippen LogP contribution in [0.5, 0.6) is 11.5 Å². The molecule has 4 nitrogen and oxygen atoms in total.